The van der Waals surface area contributed by atoms with E-state index in [1.54, 1.807) is 13.8 Å². The standard InChI is InChI=1S/C8H12Cl2O2S2/c1-5(7(9)11)3-13-14-4-6(2)8(10)12/h5-6H,3-4H2,1-2H3/t5-,6-/m0/s1. The zero-order valence-electron chi connectivity index (χ0n) is 7.96. The van der Waals surface area contributed by atoms with Gasteiger partial charge in [0.05, 0.1) is 0 Å². The molecule has 0 unspecified atom stereocenters. The first-order valence-electron chi connectivity index (χ1n) is 4.08. The fraction of sp³-hybridized carbons (Fsp3) is 0.750. The lowest BCUT2D eigenvalue weighted by atomic mass is 10.2. The minimum atomic E-state index is -0.320. The molecule has 82 valence electrons. The zero-order chi connectivity index (χ0) is 11.1. The third-order valence-corrected chi connectivity index (χ3v) is 4.99. The average Bonchev–Trinajstić information content (AvgIpc) is 2.11. The van der Waals surface area contributed by atoms with E-state index in [1.165, 1.54) is 21.6 Å². The molecule has 0 aromatic rings. The summed E-state index contributed by atoms with van der Waals surface area (Å²) in [4.78, 5) is 21.3. The Hall–Kier alpha value is 0.620. The molecule has 2 nitrogen and oxygen atoms in total. The van der Waals surface area contributed by atoms with Crippen LogP contribution in [-0.2, 0) is 9.59 Å². The highest BCUT2D eigenvalue weighted by Gasteiger charge is 2.12. The number of carbonyl (C=O) groups is 2. The molecule has 0 heterocycles. The van der Waals surface area contributed by atoms with Crippen LogP contribution in [-0.4, -0.2) is 22.0 Å². The highest BCUT2D eigenvalue weighted by Crippen LogP contribution is 2.27. The van der Waals surface area contributed by atoms with E-state index in [9.17, 15) is 9.59 Å². The Morgan fingerprint density at radius 3 is 1.50 bits per heavy atom. The second-order valence-corrected chi connectivity index (χ2v) is 6.28. The van der Waals surface area contributed by atoms with Gasteiger partial charge in [0.2, 0.25) is 10.5 Å². The van der Waals surface area contributed by atoms with Crippen molar-refractivity contribution in [1.82, 2.24) is 0 Å². The number of halogens is 2. The van der Waals surface area contributed by atoms with E-state index in [0.29, 0.717) is 11.5 Å². The predicted octanol–water partition coefficient (Wildman–Crippen LogP) is 3.17. The third kappa shape index (κ3) is 6.98. The van der Waals surface area contributed by atoms with Crippen molar-refractivity contribution in [3.63, 3.8) is 0 Å². The van der Waals surface area contributed by atoms with Gasteiger partial charge in [-0.1, -0.05) is 35.4 Å². The Bertz CT molecular complexity index is 190. The molecular formula is C8H12Cl2O2S2. The van der Waals surface area contributed by atoms with Gasteiger partial charge in [0.15, 0.2) is 0 Å². The molecule has 0 fully saturated rings. The molecule has 0 aliphatic rings. The van der Waals surface area contributed by atoms with Crippen LogP contribution in [0.1, 0.15) is 13.8 Å². The Kier molecular flexibility index (Phi) is 8.20. The minimum absolute atomic E-state index is 0.142. The number of hydrogen-bond acceptors (Lipinski definition) is 4. The second-order valence-electron chi connectivity index (χ2n) is 2.98. The van der Waals surface area contributed by atoms with Gasteiger partial charge in [0.1, 0.15) is 0 Å². The molecule has 0 N–H and O–H groups in total. The Labute approximate surface area is 102 Å². The Morgan fingerprint density at radius 2 is 1.29 bits per heavy atom. The lowest BCUT2D eigenvalue weighted by molar-refractivity contribution is -0.114. The van der Waals surface area contributed by atoms with Crippen LogP contribution >= 0.6 is 44.8 Å². The van der Waals surface area contributed by atoms with E-state index in [4.69, 9.17) is 23.2 Å². The van der Waals surface area contributed by atoms with Crippen molar-refractivity contribution in [2.75, 3.05) is 11.5 Å². The van der Waals surface area contributed by atoms with E-state index < -0.39 is 0 Å². The largest absolute Gasteiger partial charge is 0.281 e. The minimum Gasteiger partial charge on any atom is -0.281 e. The molecule has 0 aliphatic heterocycles. The van der Waals surface area contributed by atoms with Gasteiger partial charge >= 0.3 is 0 Å². The van der Waals surface area contributed by atoms with Crippen molar-refractivity contribution in [2.45, 2.75) is 13.8 Å². The smallest absolute Gasteiger partial charge is 0.225 e. The number of rotatable bonds is 7. The van der Waals surface area contributed by atoms with Gasteiger partial charge in [-0.15, -0.1) is 0 Å². The van der Waals surface area contributed by atoms with Crippen LogP contribution in [0, 0.1) is 11.8 Å². The maximum absolute atomic E-state index is 10.6. The van der Waals surface area contributed by atoms with Crippen LogP contribution in [0.15, 0.2) is 0 Å². The van der Waals surface area contributed by atoms with Crippen molar-refractivity contribution in [3.05, 3.63) is 0 Å². The van der Waals surface area contributed by atoms with Gasteiger partial charge in [0.25, 0.3) is 0 Å². The molecule has 0 amide bonds. The normalized spacial score (nSPS) is 14.9. The zero-order valence-corrected chi connectivity index (χ0v) is 11.1. The molecule has 0 saturated carbocycles. The molecule has 0 aromatic carbocycles. The Morgan fingerprint density at radius 1 is 1.00 bits per heavy atom. The monoisotopic (exact) mass is 274 g/mol. The lowest BCUT2D eigenvalue weighted by Crippen LogP contribution is -2.07. The van der Waals surface area contributed by atoms with Crippen LogP contribution in [0.3, 0.4) is 0 Å². The van der Waals surface area contributed by atoms with Crippen LogP contribution in [0.25, 0.3) is 0 Å². The van der Waals surface area contributed by atoms with Gasteiger partial charge in [-0.3, -0.25) is 9.59 Å². The fourth-order valence-corrected chi connectivity index (χ4v) is 3.47. The van der Waals surface area contributed by atoms with Gasteiger partial charge < -0.3 is 0 Å². The van der Waals surface area contributed by atoms with Crippen molar-refractivity contribution >= 4 is 55.3 Å². The summed E-state index contributed by atoms with van der Waals surface area (Å²) in [7, 11) is 3.07. The molecular weight excluding hydrogens is 263 g/mol. The van der Waals surface area contributed by atoms with Crippen LogP contribution in [0.4, 0.5) is 0 Å². The summed E-state index contributed by atoms with van der Waals surface area (Å²) in [6.45, 7) is 3.55. The SMILES string of the molecule is C[C@@H](CSSC[C@H](C)C(=O)Cl)C(=O)Cl. The van der Waals surface area contributed by atoms with E-state index in [1.807, 2.05) is 0 Å². The van der Waals surface area contributed by atoms with E-state index in [-0.39, 0.29) is 22.3 Å². The topological polar surface area (TPSA) is 34.1 Å². The van der Waals surface area contributed by atoms with Crippen LogP contribution in [0.2, 0.25) is 0 Å². The van der Waals surface area contributed by atoms with Crippen molar-refractivity contribution < 1.29 is 9.59 Å². The summed E-state index contributed by atoms with van der Waals surface area (Å²) in [5.41, 5.74) is 0. The summed E-state index contributed by atoms with van der Waals surface area (Å²) in [5.74, 6) is 1.04. The first-order chi connectivity index (χ1) is 6.45. The van der Waals surface area contributed by atoms with Gasteiger partial charge in [0, 0.05) is 23.3 Å². The highest BCUT2D eigenvalue weighted by atomic mass is 35.5. The van der Waals surface area contributed by atoms with Crippen molar-refractivity contribution in [2.24, 2.45) is 11.8 Å². The average molecular weight is 275 g/mol. The maximum atomic E-state index is 10.6. The van der Waals surface area contributed by atoms with Crippen molar-refractivity contribution in [1.29, 1.82) is 0 Å². The molecule has 2 atom stereocenters. The summed E-state index contributed by atoms with van der Waals surface area (Å²) in [5, 5.41) is -0.640. The first-order valence-corrected chi connectivity index (χ1v) is 7.32. The molecule has 0 spiro atoms. The van der Waals surface area contributed by atoms with Crippen LogP contribution in [0.5, 0.6) is 0 Å². The predicted molar refractivity (Wildman–Crippen MR) is 65.0 cm³/mol. The molecule has 0 aliphatic carbocycles. The lowest BCUT2D eigenvalue weighted by Gasteiger charge is -2.07. The van der Waals surface area contributed by atoms with E-state index in [2.05, 4.69) is 0 Å². The maximum Gasteiger partial charge on any atom is 0.225 e. The van der Waals surface area contributed by atoms with Gasteiger partial charge in [-0.2, -0.15) is 0 Å². The summed E-state index contributed by atoms with van der Waals surface area (Å²) >= 11 is 10.6. The molecule has 0 bridgehead atoms. The summed E-state index contributed by atoms with van der Waals surface area (Å²) in [6.07, 6.45) is 0. The van der Waals surface area contributed by atoms with E-state index in [0.717, 1.165) is 0 Å². The first kappa shape index (κ1) is 14.6. The molecule has 0 rings (SSSR count). The van der Waals surface area contributed by atoms with Gasteiger partial charge in [-0.25, -0.2) is 0 Å². The fourth-order valence-electron chi connectivity index (χ4n) is 0.431. The quantitative estimate of drug-likeness (QED) is 0.406. The summed E-state index contributed by atoms with van der Waals surface area (Å²) < 4.78 is 0. The molecule has 0 aromatic heterocycles. The molecule has 0 radical (unpaired) electrons. The van der Waals surface area contributed by atoms with Gasteiger partial charge in [-0.05, 0) is 23.2 Å². The molecule has 14 heavy (non-hydrogen) atoms. The molecule has 6 heteroatoms. The van der Waals surface area contributed by atoms with Crippen molar-refractivity contribution in [3.8, 4) is 0 Å². The number of carbonyl (C=O) groups excluding carboxylic acids is 2. The third-order valence-electron chi connectivity index (χ3n) is 1.49. The molecule has 0 saturated heterocycles. The van der Waals surface area contributed by atoms with Crippen LogP contribution < -0.4 is 0 Å². The van der Waals surface area contributed by atoms with E-state index >= 15 is 0 Å². The number of hydrogen-bond donors (Lipinski definition) is 0. The Balaban J connectivity index is 3.47. The summed E-state index contributed by atoms with van der Waals surface area (Å²) in [6, 6.07) is 0. The second kappa shape index (κ2) is 7.85. The highest BCUT2D eigenvalue weighted by molar-refractivity contribution is 8.76.